The van der Waals surface area contributed by atoms with Crippen LogP contribution in [-0.4, -0.2) is 17.8 Å². The molecule has 388 valence electrons. The van der Waals surface area contributed by atoms with E-state index in [1.165, 1.54) is 146 Å². The van der Waals surface area contributed by atoms with Gasteiger partial charge in [0.2, 0.25) is 0 Å². The molecular formula is C71H81BN4. The average molecular weight is 1000 g/mol. The molecule has 4 unspecified atom stereocenters. The fourth-order valence-corrected chi connectivity index (χ4v) is 15.9. The summed E-state index contributed by atoms with van der Waals surface area (Å²) in [5, 5.41) is 0. The Balaban J connectivity index is 1.14. The summed E-state index contributed by atoms with van der Waals surface area (Å²) in [5.41, 5.74) is 23.8. The summed E-state index contributed by atoms with van der Waals surface area (Å²) >= 11 is 0. The van der Waals surface area contributed by atoms with Crippen LogP contribution in [0.4, 0.5) is 56.9 Å². The standard InChI is InChI=1S/C71H81BN4/c1-65(2,3)47-27-32-50(33-28-47)73-60-38-31-49(67(7,8)9)43-57(60)72-56-37-36-52(75-58-25-17-15-23-54(58)68(10)39-19-14-20-41-70(68,75)12)44-61(56)74(51-34-29-48(30-35-51)66(4,5)6)63-46-53(45-62(73)64(63)72)76-59-26-18-16-24-55(59)69(11)40-21-22-42-71(69,76)13/h15-18,23-38,43-46H,14,19-22,39-42H2,1-13H3. The topological polar surface area (TPSA) is 13.0 Å². The second-order valence-corrected chi connectivity index (χ2v) is 28.0. The lowest BCUT2D eigenvalue weighted by Gasteiger charge is -2.51. The minimum atomic E-state index is -0.119. The minimum Gasteiger partial charge on any atom is -0.334 e. The molecule has 2 aliphatic carbocycles. The lowest BCUT2D eigenvalue weighted by molar-refractivity contribution is 0.195. The minimum absolute atomic E-state index is 0.00848. The first kappa shape index (κ1) is 49.4. The maximum Gasteiger partial charge on any atom is 0.252 e. The molecule has 7 aromatic carbocycles. The molecule has 4 nitrogen and oxygen atoms in total. The van der Waals surface area contributed by atoms with E-state index in [0.29, 0.717) is 0 Å². The van der Waals surface area contributed by atoms with Crippen molar-refractivity contribution >= 4 is 80.0 Å². The lowest BCUT2D eigenvalue weighted by atomic mass is 9.33. The van der Waals surface area contributed by atoms with Crippen LogP contribution in [0, 0.1) is 0 Å². The Morgan fingerprint density at radius 3 is 1.30 bits per heavy atom. The van der Waals surface area contributed by atoms with E-state index in [1.807, 2.05) is 0 Å². The number of benzene rings is 7. The smallest absolute Gasteiger partial charge is 0.252 e. The number of fused-ring (bicyclic) bond motifs is 10. The zero-order valence-electron chi connectivity index (χ0n) is 48.1. The second-order valence-electron chi connectivity index (χ2n) is 28.0. The van der Waals surface area contributed by atoms with E-state index in [4.69, 9.17) is 0 Å². The van der Waals surface area contributed by atoms with Gasteiger partial charge in [0.15, 0.2) is 0 Å². The van der Waals surface area contributed by atoms with Crippen molar-refractivity contribution in [1.29, 1.82) is 0 Å². The lowest BCUT2D eigenvalue weighted by Crippen LogP contribution is -2.62. The Labute approximate surface area is 456 Å². The van der Waals surface area contributed by atoms with Gasteiger partial charge in [-0.3, -0.25) is 0 Å². The summed E-state index contributed by atoms with van der Waals surface area (Å²) in [5.74, 6) is 0. The van der Waals surface area contributed by atoms with Crippen LogP contribution in [0.3, 0.4) is 0 Å². The van der Waals surface area contributed by atoms with Crippen molar-refractivity contribution < 1.29 is 0 Å². The zero-order valence-corrected chi connectivity index (χ0v) is 48.1. The maximum atomic E-state index is 2.81. The molecule has 0 saturated heterocycles. The van der Waals surface area contributed by atoms with E-state index in [9.17, 15) is 0 Å². The van der Waals surface area contributed by atoms with Crippen LogP contribution in [-0.2, 0) is 27.1 Å². The fourth-order valence-electron chi connectivity index (χ4n) is 15.9. The van der Waals surface area contributed by atoms with Gasteiger partial charge in [0, 0.05) is 67.7 Å². The predicted molar refractivity (Wildman–Crippen MR) is 327 cm³/mol. The van der Waals surface area contributed by atoms with Crippen molar-refractivity contribution in [3.8, 4) is 0 Å². The fraction of sp³-hybridized carbons (Fsp3) is 0.408. The summed E-state index contributed by atoms with van der Waals surface area (Å²) < 4.78 is 0. The number of rotatable bonds is 4. The molecule has 6 aliphatic rings. The Morgan fingerprint density at radius 2 is 0.776 bits per heavy atom. The van der Waals surface area contributed by atoms with Crippen LogP contribution >= 0.6 is 0 Å². The monoisotopic (exact) mass is 1000 g/mol. The highest BCUT2D eigenvalue weighted by molar-refractivity contribution is 7.00. The molecule has 2 saturated carbocycles. The second kappa shape index (κ2) is 16.7. The van der Waals surface area contributed by atoms with E-state index in [1.54, 1.807) is 0 Å². The van der Waals surface area contributed by atoms with Crippen LogP contribution in [0.25, 0.3) is 0 Å². The van der Waals surface area contributed by atoms with Gasteiger partial charge >= 0.3 is 0 Å². The largest absolute Gasteiger partial charge is 0.334 e. The summed E-state index contributed by atoms with van der Waals surface area (Å²) in [4.78, 5) is 11.0. The number of para-hydroxylation sites is 2. The molecule has 0 amide bonds. The van der Waals surface area contributed by atoms with Gasteiger partial charge in [-0.1, -0.05) is 187 Å². The molecule has 4 aliphatic heterocycles. The maximum absolute atomic E-state index is 2.81. The highest BCUT2D eigenvalue weighted by atomic mass is 15.3. The molecule has 0 radical (unpaired) electrons. The SMILES string of the molecule is CC(C)(C)c1ccc(N2c3ccc(C(C)(C)C)cc3B3c4ccc(N5c6ccccc6C6(C)CCCCCC56C)cc4N(c4ccc(C(C)(C)C)cc4)c4cc(N5c6ccccc6C6(C)CCCCC56C)cc2c43)cc1. The van der Waals surface area contributed by atoms with Gasteiger partial charge < -0.3 is 19.6 Å². The molecule has 4 heterocycles. The quantitative estimate of drug-likeness (QED) is 0.163. The van der Waals surface area contributed by atoms with Crippen molar-refractivity contribution in [1.82, 2.24) is 0 Å². The number of nitrogens with zero attached hydrogens (tertiary/aromatic N) is 4. The van der Waals surface area contributed by atoms with Gasteiger partial charge in [-0.2, -0.15) is 0 Å². The Kier molecular flexibility index (Phi) is 10.8. The van der Waals surface area contributed by atoms with E-state index >= 15 is 0 Å². The highest BCUT2D eigenvalue weighted by Gasteiger charge is 2.59. The van der Waals surface area contributed by atoms with Crippen LogP contribution in [0.5, 0.6) is 0 Å². The number of anilines is 10. The number of hydrogen-bond donors (Lipinski definition) is 0. The van der Waals surface area contributed by atoms with Crippen LogP contribution in [0.2, 0.25) is 0 Å². The third-order valence-corrected chi connectivity index (χ3v) is 20.7. The van der Waals surface area contributed by atoms with Gasteiger partial charge in [-0.25, -0.2) is 0 Å². The van der Waals surface area contributed by atoms with Crippen molar-refractivity contribution in [2.24, 2.45) is 0 Å². The van der Waals surface area contributed by atoms with Gasteiger partial charge in [0.05, 0.1) is 11.1 Å². The van der Waals surface area contributed by atoms with Crippen molar-refractivity contribution in [3.05, 3.63) is 173 Å². The molecule has 0 N–H and O–H groups in total. The molecule has 2 fully saturated rings. The zero-order chi connectivity index (χ0) is 53.1. The third kappa shape index (κ3) is 6.94. The molecular weight excluding hydrogens is 920 g/mol. The van der Waals surface area contributed by atoms with Gasteiger partial charge in [-0.15, -0.1) is 0 Å². The highest BCUT2D eigenvalue weighted by Crippen LogP contribution is 2.63. The first-order chi connectivity index (χ1) is 36.1. The van der Waals surface area contributed by atoms with Gasteiger partial charge in [0.25, 0.3) is 6.71 Å². The van der Waals surface area contributed by atoms with Crippen molar-refractivity contribution in [2.45, 2.75) is 186 Å². The molecule has 0 aromatic heterocycles. The predicted octanol–water partition coefficient (Wildman–Crippen LogP) is 17.5. The van der Waals surface area contributed by atoms with Crippen LogP contribution in [0.1, 0.15) is 176 Å². The van der Waals surface area contributed by atoms with Gasteiger partial charge in [0.1, 0.15) is 0 Å². The number of hydrogen-bond acceptors (Lipinski definition) is 4. The first-order valence-corrected chi connectivity index (χ1v) is 29.1. The van der Waals surface area contributed by atoms with E-state index in [0.717, 1.165) is 12.8 Å². The Morgan fingerprint density at radius 1 is 0.355 bits per heavy atom. The third-order valence-electron chi connectivity index (χ3n) is 20.7. The summed E-state index contributed by atoms with van der Waals surface area (Å²) in [6.07, 6.45) is 11.0. The van der Waals surface area contributed by atoms with Crippen LogP contribution < -0.4 is 36.0 Å². The Hall–Kier alpha value is -6.20. The Bertz CT molecular complexity index is 3460. The van der Waals surface area contributed by atoms with Crippen molar-refractivity contribution in [3.63, 3.8) is 0 Å². The van der Waals surface area contributed by atoms with Crippen molar-refractivity contribution in [2.75, 3.05) is 19.6 Å². The molecule has 0 bridgehead atoms. The normalized spacial score (nSPS) is 24.5. The molecule has 0 spiro atoms. The summed E-state index contributed by atoms with van der Waals surface area (Å²) in [6, 6.07) is 58.4. The molecule has 4 atom stereocenters. The van der Waals surface area contributed by atoms with Crippen LogP contribution in [0.15, 0.2) is 146 Å². The molecule has 76 heavy (non-hydrogen) atoms. The van der Waals surface area contributed by atoms with E-state index in [2.05, 4.69) is 255 Å². The first-order valence-electron chi connectivity index (χ1n) is 29.1. The van der Waals surface area contributed by atoms with E-state index in [-0.39, 0.29) is 44.9 Å². The average Bonchev–Trinajstić information content (AvgIpc) is 3.80. The molecule has 5 heteroatoms. The molecule has 7 aromatic rings. The summed E-state index contributed by atoms with van der Waals surface area (Å²) in [7, 11) is 0. The summed E-state index contributed by atoms with van der Waals surface area (Å²) in [6.45, 7) is 31.4. The van der Waals surface area contributed by atoms with Gasteiger partial charge in [-0.05, 0) is 167 Å². The van der Waals surface area contributed by atoms with E-state index < -0.39 is 0 Å². The molecule has 13 rings (SSSR count).